The second-order valence-corrected chi connectivity index (χ2v) is 5.20. The molecule has 1 aliphatic heterocycles. The van der Waals surface area contributed by atoms with Crippen LogP contribution in [0.15, 0.2) is 18.3 Å². The maximum Gasteiger partial charge on any atom is 0.141 e. The zero-order valence-electron chi connectivity index (χ0n) is 11.2. The van der Waals surface area contributed by atoms with Crippen LogP contribution in [-0.2, 0) is 0 Å². The van der Waals surface area contributed by atoms with E-state index in [0.717, 1.165) is 12.2 Å². The van der Waals surface area contributed by atoms with Gasteiger partial charge < -0.3 is 10.2 Å². The first-order valence-corrected chi connectivity index (χ1v) is 6.75. The number of pyridine rings is 1. The second-order valence-electron chi connectivity index (χ2n) is 5.20. The fraction of sp³-hybridized carbons (Fsp3) is 0.643. The minimum absolute atomic E-state index is 0.156. The van der Waals surface area contributed by atoms with Gasteiger partial charge in [0.25, 0.3) is 0 Å². The largest absolute Gasteiger partial charge is 0.305 e. The Bertz CT molecular complexity index is 360. The molecule has 1 aromatic heterocycles. The summed E-state index contributed by atoms with van der Waals surface area (Å²) < 4.78 is 12.8. The van der Waals surface area contributed by atoms with Gasteiger partial charge in [-0.05, 0) is 51.9 Å². The molecule has 100 valence electrons. The summed E-state index contributed by atoms with van der Waals surface area (Å²) in [5.74, 6) is -0.281. The van der Waals surface area contributed by atoms with E-state index >= 15 is 0 Å². The number of halogens is 1. The molecule has 0 amide bonds. The average Bonchev–Trinajstić information content (AvgIpc) is 2.82. The summed E-state index contributed by atoms with van der Waals surface area (Å²) in [6.45, 7) is 7.77. The summed E-state index contributed by atoms with van der Waals surface area (Å²) in [5.41, 5.74) is 0.893. The first kappa shape index (κ1) is 13.4. The lowest BCUT2D eigenvalue weighted by atomic mass is 10.2. The molecule has 0 saturated carbocycles. The SMILES string of the molecule is CC(CN1CCCC1)NC(C)c1ccc(F)cn1. The van der Waals surface area contributed by atoms with Gasteiger partial charge in [0.05, 0.1) is 11.9 Å². The van der Waals surface area contributed by atoms with Crippen molar-refractivity contribution in [2.45, 2.75) is 38.8 Å². The van der Waals surface area contributed by atoms with Crippen LogP contribution >= 0.6 is 0 Å². The van der Waals surface area contributed by atoms with Crippen LogP contribution in [0.2, 0.25) is 0 Å². The number of aromatic nitrogens is 1. The van der Waals surface area contributed by atoms with Crippen molar-refractivity contribution in [1.29, 1.82) is 0 Å². The van der Waals surface area contributed by atoms with E-state index in [4.69, 9.17) is 0 Å². The number of nitrogens with one attached hydrogen (secondary N) is 1. The molecule has 4 heteroatoms. The van der Waals surface area contributed by atoms with E-state index in [1.807, 2.05) is 0 Å². The van der Waals surface area contributed by atoms with Crippen molar-refractivity contribution in [2.24, 2.45) is 0 Å². The molecule has 1 aliphatic rings. The molecule has 0 spiro atoms. The number of likely N-dealkylation sites (tertiary alicyclic amines) is 1. The molecule has 0 radical (unpaired) electrons. The highest BCUT2D eigenvalue weighted by Crippen LogP contribution is 2.12. The predicted octanol–water partition coefficient (Wildman–Crippen LogP) is 2.36. The standard InChI is InChI=1S/C14H22FN3/c1-11(10-18-7-3-4-8-18)17-12(2)14-6-5-13(15)9-16-14/h5-6,9,11-12,17H,3-4,7-8,10H2,1-2H3. The quantitative estimate of drug-likeness (QED) is 0.870. The summed E-state index contributed by atoms with van der Waals surface area (Å²) in [4.78, 5) is 6.60. The van der Waals surface area contributed by atoms with E-state index in [0.29, 0.717) is 6.04 Å². The van der Waals surface area contributed by atoms with E-state index < -0.39 is 0 Å². The Labute approximate surface area is 108 Å². The third-order valence-corrected chi connectivity index (χ3v) is 3.46. The van der Waals surface area contributed by atoms with Crippen LogP contribution in [0.5, 0.6) is 0 Å². The highest BCUT2D eigenvalue weighted by Gasteiger charge is 2.16. The van der Waals surface area contributed by atoms with Gasteiger partial charge >= 0.3 is 0 Å². The third-order valence-electron chi connectivity index (χ3n) is 3.46. The lowest BCUT2D eigenvalue weighted by Gasteiger charge is -2.24. The van der Waals surface area contributed by atoms with Crippen molar-refractivity contribution in [2.75, 3.05) is 19.6 Å². The molecule has 2 heterocycles. The van der Waals surface area contributed by atoms with Gasteiger partial charge in [0.15, 0.2) is 0 Å². The van der Waals surface area contributed by atoms with Crippen molar-refractivity contribution in [3.8, 4) is 0 Å². The Balaban J connectivity index is 1.82. The van der Waals surface area contributed by atoms with Gasteiger partial charge in [-0.15, -0.1) is 0 Å². The zero-order chi connectivity index (χ0) is 13.0. The zero-order valence-corrected chi connectivity index (χ0v) is 11.2. The highest BCUT2D eigenvalue weighted by molar-refractivity contribution is 5.09. The fourth-order valence-corrected chi connectivity index (χ4v) is 2.56. The van der Waals surface area contributed by atoms with Gasteiger partial charge in [0.1, 0.15) is 5.82 Å². The van der Waals surface area contributed by atoms with Crippen LogP contribution in [0.1, 0.15) is 38.4 Å². The molecular weight excluding hydrogens is 229 g/mol. The maximum absolute atomic E-state index is 12.8. The summed E-state index contributed by atoms with van der Waals surface area (Å²) in [6, 6.07) is 3.79. The van der Waals surface area contributed by atoms with Crippen molar-refractivity contribution >= 4 is 0 Å². The minimum atomic E-state index is -0.281. The van der Waals surface area contributed by atoms with Crippen molar-refractivity contribution < 1.29 is 4.39 Å². The first-order chi connectivity index (χ1) is 8.65. The lowest BCUT2D eigenvalue weighted by molar-refractivity contribution is 0.288. The normalized spacial score (nSPS) is 19.9. The van der Waals surface area contributed by atoms with Gasteiger partial charge in [0.2, 0.25) is 0 Å². The van der Waals surface area contributed by atoms with E-state index in [2.05, 4.69) is 29.0 Å². The van der Waals surface area contributed by atoms with E-state index in [9.17, 15) is 4.39 Å². The predicted molar refractivity (Wildman–Crippen MR) is 70.9 cm³/mol. The van der Waals surface area contributed by atoms with Crippen LogP contribution in [-0.4, -0.2) is 35.6 Å². The highest BCUT2D eigenvalue weighted by atomic mass is 19.1. The maximum atomic E-state index is 12.8. The van der Waals surface area contributed by atoms with Gasteiger partial charge in [0, 0.05) is 18.6 Å². The Hall–Kier alpha value is -1.00. The van der Waals surface area contributed by atoms with E-state index in [-0.39, 0.29) is 11.9 Å². The molecule has 2 atom stereocenters. The molecule has 2 rings (SSSR count). The fourth-order valence-electron chi connectivity index (χ4n) is 2.56. The van der Waals surface area contributed by atoms with E-state index in [1.54, 1.807) is 6.07 Å². The molecule has 1 saturated heterocycles. The van der Waals surface area contributed by atoms with Gasteiger partial charge in [-0.25, -0.2) is 4.39 Å². The molecule has 0 aliphatic carbocycles. The molecule has 2 unspecified atom stereocenters. The lowest BCUT2D eigenvalue weighted by Crippen LogP contribution is -2.39. The molecule has 0 aromatic carbocycles. The van der Waals surface area contributed by atoms with Gasteiger partial charge in [-0.2, -0.15) is 0 Å². The number of hydrogen-bond donors (Lipinski definition) is 1. The van der Waals surface area contributed by atoms with Crippen LogP contribution in [0, 0.1) is 5.82 Å². The molecule has 3 nitrogen and oxygen atoms in total. The first-order valence-electron chi connectivity index (χ1n) is 6.75. The van der Waals surface area contributed by atoms with Crippen molar-refractivity contribution in [3.63, 3.8) is 0 Å². The Morgan fingerprint density at radius 2 is 2.06 bits per heavy atom. The molecule has 18 heavy (non-hydrogen) atoms. The second kappa shape index (κ2) is 6.25. The monoisotopic (exact) mass is 251 g/mol. The third kappa shape index (κ3) is 3.75. The molecule has 1 aromatic rings. The number of hydrogen-bond acceptors (Lipinski definition) is 3. The summed E-state index contributed by atoms with van der Waals surface area (Å²) >= 11 is 0. The van der Waals surface area contributed by atoms with Crippen LogP contribution < -0.4 is 5.32 Å². The summed E-state index contributed by atoms with van der Waals surface area (Å²) in [6.07, 6.45) is 3.92. The average molecular weight is 251 g/mol. The van der Waals surface area contributed by atoms with E-state index in [1.165, 1.54) is 38.2 Å². The minimum Gasteiger partial charge on any atom is -0.305 e. The van der Waals surface area contributed by atoms with Gasteiger partial charge in [-0.3, -0.25) is 4.98 Å². The Morgan fingerprint density at radius 1 is 1.33 bits per heavy atom. The van der Waals surface area contributed by atoms with Crippen LogP contribution in [0.3, 0.4) is 0 Å². The molecule has 0 bridgehead atoms. The molecule has 1 fully saturated rings. The van der Waals surface area contributed by atoms with Crippen molar-refractivity contribution in [1.82, 2.24) is 15.2 Å². The topological polar surface area (TPSA) is 28.2 Å². The van der Waals surface area contributed by atoms with Crippen LogP contribution in [0.4, 0.5) is 4.39 Å². The molecule has 1 N–H and O–H groups in total. The van der Waals surface area contributed by atoms with Crippen LogP contribution in [0.25, 0.3) is 0 Å². The number of rotatable bonds is 5. The summed E-state index contributed by atoms with van der Waals surface area (Å²) in [5, 5.41) is 3.52. The molecular formula is C14H22FN3. The smallest absolute Gasteiger partial charge is 0.141 e. The Kier molecular flexibility index (Phi) is 4.66. The summed E-state index contributed by atoms with van der Waals surface area (Å²) in [7, 11) is 0. The van der Waals surface area contributed by atoms with Gasteiger partial charge in [-0.1, -0.05) is 0 Å². The van der Waals surface area contributed by atoms with Crippen molar-refractivity contribution in [3.05, 3.63) is 29.8 Å². The number of nitrogens with zero attached hydrogens (tertiary/aromatic N) is 2. The Morgan fingerprint density at radius 3 is 2.67 bits per heavy atom.